The summed E-state index contributed by atoms with van der Waals surface area (Å²) in [6.45, 7) is 10.9. The van der Waals surface area contributed by atoms with Gasteiger partial charge in [-0.25, -0.2) is 0 Å². The Labute approximate surface area is 175 Å². The Morgan fingerprint density at radius 2 is 1.66 bits per heavy atom. The van der Waals surface area contributed by atoms with E-state index >= 15 is 0 Å². The first kappa shape index (κ1) is 21.8. The molecule has 2 fully saturated rings. The third-order valence-corrected chi connectivity index (χ3v) is 6.20. The number of para-hydroxylation sites is 1. The van der Waals surface area contributed by atoms with E-state index in [-0.39, 0.29) is 11.8 Å². The van der Waals surface area contributed by atoms with Gasteiger partial charge >= 0.3 is 0 Å². The second kappa shape index (κ2) is 10.7. The molecule has 29 heavy (non-hydrogen) atoms. The number of anilines is 1. The molecule has 2 amide bonds. The van der Waals surface area contributed by atoms with Crippen LogP contribution in [0.4, 0.5) is 5.69 Å². The molecule has 3 rings (SSSR count). The second-order valence-electron chi connectivity index (χ2n) is 8.28. The summed E-state index contributed by atoms with van der Waals surface area (Å²) in [5.74, 6) is 0.527. The fraction of sp³-hybridized carbons (Fsp3) is 0.652. The van der Waals surface area contributed by atoms with Crippen LogP contribution in [0, 0.1) is 5.92 Å². The zero-order chi connectivity index (χ0) is 20.6. The molecule has 0 atom stereocenters. The van der Waals surface area contributed by atoms with E-state index in [1.54, 1.807) is 0 Å². The third-order valence-electron chi connectivity index (χ3n) is 6.20. The summed E-state index contributed by atoms with van der Waals surface area (Å²) in [5, 5.41) is 3.04. The van der Waals surface area contributed by atoms with Crippen molar-refractivity contribution >= 4 is 17.5 Å². The third kappa shape index (κ3) is 6.03. The predicted octanol–water partition coefficient (Wildman–Crippen LogP) is 2.45. The number of piperazine rings is 1. The van der Waals surface area contributed by atoms with Crippen LogP contribution in [-0.2, 0) is 16.0 Å². The van der Waals surface area contributed by atoms with Crippen molar-refractivity contribution in [3.8, 4) is 0 Å². The molecule has 6 heteroatoms. The maximum Gasteiger partial charge on any atom is 0.238 e. The maximum atomic E-state index is 12.9. The van der Waals surface area contributed by atoms with E-state index in [2.05, 4.69) is 29.0 Å². The van der Waals surface area contributed by atoms with Crippen LogP contribution in [0.2, 0.25) is 0 Å². The molecule has 1 aromatic carbocycles. The molecule has 0 aliphatic carbocycles. The lowest BCUT2D eigenvalue weighted by molar-refractivity contribution is -0.139. The summed E-state index contributed by atoms with van der Waals surface area (Å²) < 4.78 is 0. The molecule has 0 aromatic heterocycles. The molecule has 0 bridgehead atoms. The van der Waals surface area contributed by atoms with E-state index in [4.69, 9.17) is 0 Å². The highest BCUT2D eigenvalue weighted by molar-refractivity contribution is 5.93. The number of likely N-dealkylation sites (tertiary alicyclic amines) is 1. The van der Waals surface area contributed by atoms with Crippen molar-refractivity contribution in [2.24, 2.45) is 5.92 Å². The van der Waals surface area contributed by atoms with Crippen LogP contribution in [0.25, 0.3) is 0 Å². The van der Waals surface area contributed by atoms with Crippen molar-refractivity contribution in [2.75, 3.05) is 57.7 Å². The van der Waals surface area contributed by atoms with Gasteiger partial charge in [-0.1, -0.05) is 32.0 Å². The van der Waals surface area contributed by atoms with E-state index in [1.165, 1.54) is 6.42 Å². The molecule has 1 N–H and O–H groups in total. The summed E-state index contributed by atoms with van der Waals surface area (Å²) in [6, 6.07) is 7.95. The summed E-state index contributed by atoms with van der Waals surface area (Å²) >= 11 is 0. The molecule has 1 aromatic rings. The lowest BCUT2D eigenvalue weighted by Gasteiger charge is -2.38. The van der Waals surface area contributed by atoms with Gasteiger partial charge in [0.2, 0.25) is 11.8 Å². The summed E-state index contributed by atoms with van der Waals surface area (Å²) in [7, 11) is 0. The first-order valence-electron chi connectivity index (χ1n) is 11.2. The van der Waals surface area contributed by atoms with Crippen LogP contribution in [0.3, 0.4) is 0 Å². The fourth-order valence-electron chi connectivity index (χ4n) is 4.45. The van der Waals surface area contributed by atoms with Gasteiger partial charge in [-0.2, -0.15) is 0 Å². The SMILES string of the molecule is CCCN1CCC(C(=O)N2CCN(CC(=O)Nc3ccccc3CC)CC2)CC1. The van der Waals surface area contributed by atoms with Crippen LogP contribution in [0.5, 0.6) is 0 Å². The summed E-state index contributed by atoms with van der Waals surface area (Å²) in [5.41, 5.74) is 2.06. The van der Waals surface area contributed by atoms with Gasteiger partial charge in [-0.15, -0.1) is 0 Å². The Morgan fingerprint density at radius 1 is 0.966 bits per heavy atom. The topological polar surface area (TPSA) is 55.9 Å². The number of piperidine rings is 1. The maximum absolute atomic E-state index is 12.9. The number of aryl methyl sites for hydroxylation is 1. The van der Waals surface area contributed by atoms with E-state index in [0.717, 1.165) is 76.3 Å². The zero-order valence-electron chi connectivity index (χ0n) is 18.0. The van der Waals surface area contributed by atoms with Crippen molar-refractivity contribution in [1.29, 1.82) is 0 Å². The van der Waals surface area contributed by atoms with Crippen LogP contribution in [0.1, 0.15) is 38.7 Å². The lowest BCUT2D eigenvalue weighted by atomic mass is 9.95. The Balaban J connectivity index is 1.41. The number of carbonyl (C=O) groups excluding carboxylic acids is 2. The highest BCUT2D eigenvalue weighted by Gasteiger charge is 2.30. The molecule has 6 nitrogen and oxygen atoms in total. The van der Waals surface area contributed by atoms with Crippen molar-refractivity contribution in [1.82, 2.24) is 14.7 Å². The van der Waals surface area contributed by atoms with Crippen molar-refractivity contribution < 1.29 is 9.59 Å². The molecule has 2 aliphatic rings. The first-order valence-corrected chi connectivity index (χ1v) is 11.2. The van der Waals surface area contributed by atoms with Crippen LogP contribution < -0.4 is 5.32 Å². The minimum absolute atomic E-state index is 0.0222. The predicted molar refractivity (Wildman–Crippen MR) is 117 cm³/mol. The van der Waals surface area contributed by atoms with Gasteiger partial charge in [0.05, 0.1) is 6.54 Å². The molecule has 2 saturated heterocycles. The lowest BCUT2D eigenvalue weighted by Crippen LogP contribution is -2.52. The van der Waals surface area contributed by atoms with Crippen LogP contribution in [-0.4, -0.2) is 78.9 Å². The molecule has 2 aliphatic heterocycles. The second-order valence-corrected chi connectivity index (χ2v) is 8.28. The van der Waals surface area contributed by atoms with E-state index < -0.39 is 0 Å². The van der Waals surface area contributed by atoms with Crippen molar-refractivity contribution in [3.63, 3.8) is 0 Å². The summed E-state index contributed by atoms with van der Waals surface area (Å²) in [4.78, 5) is 32.0. The molecule has 0 saturated carbocycles. The first-order chi connectivity index (χ1) is 14.1. The minimum Gasteiger partial charge on any atom is -0.340 e. The molecular formula is C23H36N4O2. The Bertz CT molecular complexity index is 677. The van der Waals surface area contributed by atoms with Gasteiger partial charge < -0.3 is 15.1 Å². The minimum atomic E-state index is 0.0222. The molecule has 0 radical (unpaired) electrons. The molecule has 0 spiro atoms. The monoisotopic (exact) mass is 400 g/mol. The number of benzene rings is 1. The number of carbonyl (C=O) groups is 2. The number of amides is 2. The Kier molecular flexibility index (Phi) is 8.07. The quantitative estimate of drug-likeness (QED) is 0.764. The zero-order valence-corrected chi connectivity index (χ0v) is 18.0. The van der Waals surface area contributed by atoms with E-state index in [9.17, 15) is 9.59 Å². The number of rotatable bonds is 7. The molecule has 2 heterocycles. The highest BCUT2D eigenvalue weighted by atomic mass is 16.2. The number of hydrogen-bond acceptors (Lipinski definition) is 4. The Morgan fingerprint density at radius 3 is 2.31 bits per heavy atom. The average Bonchev–Trinajstić information content (AvgIpc) is 2.75. The van der Waals surface area contributed by atoms with Gasteiger partial charge in [-0.3, -0.25) is 14.5 Å². The van der Waals surface area contributed by atoms with Crippen LogP contribution >= 0.6 is 0 Å². The molecular weight excluding hydrogens is 364 g/mol. The van der Waals surface area contributed by atoms with Crippen LogP contribution in [0.15, 0.2) is 24.3 Å². The van der Waals surface area contributed by atoms with Gasteiger partial charge in [0.1, 0.15) is 0 Å². The molecule has 160 valence electrons. The Hall–Kier alpha value is -1.92. The van der Waals surface area contributed by atoms with Crippen molar-refractivity contribution in [3.05, 3.63) is 29.8 Å². The standard InChI is InChI=1S/C23H36N4O2/c1-3-11-25-12-9-20(10-13-25)23(29)27-16-14-26(15-17-27)18-22(28)24-21-8-6-5-7-19(21)4-2/h5-8,20H,3-4,9-18H2,1-2H3,(H,24,28). The molecule has 0 unspecified atom stereocenters. The normalized spacial score (nSPS) is 19.3. The van der Waals surface area contributed by atoms with Gasteiger partial charge in [0.15, 0.2) is 0 Å². The van der Waals surface area contributed by atoms with Gasteiger partial charge in [-0.05, 0) is 56.9 Å². The number of nitrogens with zero attached hydrogens (tertiary/aromatic N) is 3. The highest BCUT2D eigenvalue weighted by Crippen LogP contribution is 2.21. The average molecular weight is 401 g/mol. The van der Waals surface area contributed by atoms with Gasteiger partial charge in [0, 0.05) is 37.8 Å². The summed E-state index contributed by atoms with van der Waals surface area (Å²) in [6.07, 6.45) is 4.05. The largest absolute Gasteiger partial charge is 0.340 e. The van der Waals surface area contributed by atoms with Crippen molar-refractivity contribution in [2.45, 2.75) is 39.5 Å². The number of hydrogen-bond donors (Lipinski definition) is 1. The van der Waals surface area contributed by atoms with E-state index in [1.807, 2.05) is 29.2 Å². The number of nitrogens with one attached hydrogen (secondary N) is 1. The van der Waals surface area contributed by atoms with E-state index in [0.29, 0.717) is 12.5 Å². The smallest absolute Gasteiger partial charge is 0.238 e. The fourth-order valence-corrected chi connectivity index (χ4v) is 4.45. The van der Waals surface area contributed by atoms with Gasteiger partial charge in [0.25, 0.3) is 0 Å².